The molecular weight excluding hydrogens is 592 g/mol. The Morgan fingerprint density at radius 1 is 1.02 bits per heavy atom. The predicted molar refractivity (Wildman–Crippen MR) is 173 cm³/mol. The number of fused-ring (bicyclic) bond motifs is 1. The molecule has 0 saturated carbocycles. The molecule has 0 aliphatic carbocycles. The van der Waals surface area contributed by atoms with Gasteiger partial charge in [0.25, 0.3) is 11.5 Å². The molecular formula is C34H42N4O8. The van der Waals surface area contributed by atoms with Crippen LogP contribution >= 0.6 is 0 Å². The molecule has 3 rings (SSSR count). The van der Waals surface area contributed by atoms with Crippen LogP contribution in [-0.2, 0) is 41.9 Å². The van der Waals surface area contributed by atoms with Crippen molar-refractivity contribution in [2.24, 2.45) is 5.41 Å². The quantitative estimate of drug-likeness (QED) is 0.147. The van der Waals surface area contributed by atoms with Crippen LogP contribution in [0.1, 0.15) is 63.4 Å². The SMILES string of the molecule is C=CCN(Cc1ccc2ncn(COC(=O)C(C)(C)C)c(=O)c2c1)c1ccc(C(=O)N[C@@H](CCC(=O)OCC)C(=O)OCC)cc1. The summed E-state index contributed by atoms with van der Waals surface area (Å²) in [7, 11) is 0. The number of ether oxygens (including phenoxy) is 3. The fraction of sp³-hybridized carbons (Fsp3) is 0.412. The topological polar surface area (TPSA) is 146 Å². The van der Waals surface area contributed by atoms with Gasteiger partial charge in [-0.2, -0.15) is 0 Å². The van der Waals surface area contributed by atoms with Crippen LogP contribution in [0.4, 0.5) is 5.69 Å². The number of benzene rings is 2. The minimum atomic E-state index is -1.01. The van der Waals surface area contributed by atoms with E-state index in [4.69, 9.17) is 14.2 Å². The molecule has 0 aliphatic rings. The van der Waals surface area contributed by atoms with Gasteiger partial charge in [-0.15, -0.1) is 6.58 Å². The minimum absolute atomic E-state index is 0.0447. The zero-order valence-electron chi connectivity index (χ0n) is 27.0. The Bertz CT molecular complexity index is 1610. The van der Waals surface area contributed by atoms with Crippen molar-refractivity contribution in [3.63, 3.8) is 0 Å². The van der Waals surface area contributed by atoms with Crippen molar-refractivity contribution in [3.05, 3.63) is 82.9 Å². The lowest BCUT2D eigenvalue weighted by Crippen LogP contribution is -2.42. The summed E-state index contributed by atoms with van der Waals surface area (Å²) < 4.78 is 16.6. The van der Waals surface area contributed by atoms with E-state index in [1.54, 1.807) is 77.1 Å². The molecule has 0 radical (unpaired) electrons. The maximum atomic E-state index is 13.2. The second-order valence-electron chi connectivity index (χ2n) is 11.5. The summed E-state index contributed by atoms with van der Waals surface area (Å²) >= 11 is 0. The van der Waals surface area contributed by atoms with Gasteiger partial charge in [-0.3, -0.25) is 23.7 Å². The van der Waals surface area contributed by atoms with Gasteiger partial charge in [0, 0.05) is 30.8 Å². The standard InChI is InChI=1S/C34H42N4O8/c1-7-18-37(20-23-10-15-27-26(19-23)31(41)38(21-35-27)22-46-33(43)34(4,5)6)25-13-11-24(12-14-25)30(40)36-28(32(42)45-9-3)16-17-29(39)44-8-2/h7,10-15,19,21,28H,1,8-9,16-18,20,22H2,2-6H3,(H,36,40)/t28-/m0/s1. The number of carbonyl (C=O) groups excluding carboxylic acids is 4. The number of nitrogens with one attached hydrogen (secondary N) is 1. The van der Waals surface area contributed by atoms with Crippen LogP contribution in [0.25, 0.3) is 10.9 Å². The number of nitrogens with zero attached hydrogens (tertiary/aromatic N) is 3. The lowest BCUT2D eigenvalue weighted by Gasteiger charge is -2.24. The summed E-state index contributed by atoms with van der Waals surface area (Å²) in [5, 5.41) is 3.05. The number of aromatic nitrogens is 2. The largest absolute Gasteiger partial charge is 0.466 e. The molecule has 12 heteroatoms. The van der Waals surface area contributed by atoms with Gasteiger partial charge >= 0.3 is 17.9 Å². The van der Waals surface area contributed by atoms with Crippen molar-refractivity contribution < 1.29 is 33.4 Å². The number of hydrogen-bond donors (Lipinski definition) is 1. The van der Waals surface area contributed by atoms with Gasteiger partial charge in [0.05, 0.1) is 29.5 Å². The van der Waals surface area contributed by atoms with Crippen LogP contribution in [-0.4, -0.2) is 59.2 Å². The van der Waals surface area contributed by atoms with Gasteiger partial charge in [-0.1, -0.05) is 12.1 Å². The lowest BCUT2D eigenvalue weighted by atomic mass is 9.98. The lowest BCUT2D eigenvalue weighted by molar-refractivity contribution is -0.157. The van der Waals surface area contributed by atoms with Gasteiger partial charge in [-0.05, 0) is 83.0 Å². The van der Waals surface area contributed by atoms with Crippen molar-refractivity contribution in [3.8, 4) is 0 Å². The molecule has 1 atom stereocenters. The van der Waals surface area contributed by atoms with E-state index in [-0.39, 0.29) is 38.3 Å². The summed E-state index contributed by atoms with van der Waals surface area (Å²) in [4.78, 5) is 69.0. The normalized spacial score (nSPS) is 11.8. The first-order chi connectivity index (χ1) is 21.9. The molecule has 0 aliphatic heterocycles. The van der Waals surface area contributed by atoms with E-state index in [1.807, 2.05) is 11.0 Å². The van der Waals surface area contributed by atoms with E-state index in [2.05, 4.69) is 16.9 Å². The van der Waals surface area contributed by atoms with E-state index in [0.29, 0.717) is 29.6 Å². The number of amides is 1. The fourth-order valence-electron chi connectivity index (χ4n) is 4.43. The van der Waals surface area contributed by atoms with Crippen molar-refractivity contribution >= 4 is 40.4 Å². The third kappa shape index (κ3) is 9.75. The molecule has 0 unspecified atom stereocenters. The zero-order valence-corrected chi connectivity index (χ0v) is 27.0. The van der Waals surface area contributed by atoms with Crippen molar-refractivity contribution in [1.82, 2.24) is 14.9 Å². The third-order valence-corrected chi connectivity index (χ3v) is 6.87. The highest BCUT2D eigenvalue weighted by atomic mass is 16.5. The summed E-state index contributed by atoms with van der Waals surface area (Å²) in [6.07, 6.45) is 3.10. The van der Waals surface area contributed by atoms with Crippen LogP contribution in [0.15, 0.2) is 66.2 Å². The van der Waals surface area contributed by atoms with Gasteiger partial charge < -0.3 is 24.4 Å². The first-order valence-corrected chi connectivity index (χ1v) is 15.1. The van der Waals surface area contributed by atoms with E-state index in [0.717, 1.165) is 11.3 Å². The molecule has 3 aromatic rings. The Labute approximate surface area is 268 Å². The Hall–Kier alpha value is -5.00. The molecule has 2 aromatic carbocycles. The van der Waals surface area contributed by atoms with Gasteiger partial charge in [0.15, 0.2) is 6.73 Å². The van der Waals surface area contributed by atoms with Crippen LogP contribution in [0.5, 0.6) is 0 Å². The Morgan fingerprint density at radius 2 is 1.72 bits per heavy atom. The van der Waals surface area contributed by atoms with E-state index >= 15 is 0 Å². The average molecular weight is 635 g/mol. The average Bonchev–Trinajstić information content (AvgIpc) is 3.02. The maximum Gasteiger partial charge on any atom is 0.328 e. The molecule has 1 amide bonds. The minimum Gasteiger partial charge on any atom is -0.466 e. The van der Waals surface area contributed by atoms with E-state index < -0.39 is 35.3 Å². The number of anilines is 1. The van der Waals surface area contributed by atoms with E-state index in [9.17, 15) is 24.0 Å². The zero-order chi connectivity index (χ0) is 33.9. The van der Waals surface area contributed by atoms with Gasteiger partial charge in [-0.25, -0.2) is 9.78 Å². The second-order valence-corrected chi connectivity index (χ2v) is 11.5. The Morgan fingerprint density at radius 3 is 2.35 bits per heavy atom. The smallest absolute Gasteiger partial charge is 0.328 e. The fourth-order valence-corrected chi connectivity index (χ4v) is 4.43. The van der Waals surface area contributed by atoms with Crippen LogP contribution in [0.3, 0.4) is 0 Å². The first-order valence-electron chi connectivity index (χ1n) is 15.1. The molecule has 0 saturated heterocycles. The first kappa shape index (κ1) is 35.5. The molecule has 1 aromatic heterocycles. The van der Waals surface area contributed by atoms with Crippen molar-refractivity contribution in [2.45, 2.75) is 66.8 Å². The molecule has 0 fully saturated rings. The summed E-state index contributed by atoms with van der Waals surface area (Å²) in [5.74, 6) is -2.01. The van der Waals surface area contributed by atoms with Crippen LogP contribution < -0.4 is 15.8 Å². The van der Waals surface area contributed by atoms with Gasteiger partial charge in [0.1, 0.15) is 12.4 Å². The van der Waals surface area contributed by atoms with E-state index in [1.165, 1.54) is 10.9 Å². The highest BCUT2D eigenvalue weighted by Gasteiger charge is 2.25. The molecule has 0 bridgehead atoms. The monoisotopic (exact) mass is 634 g/mol. The highest BCUT2D eigenvalue weighted by molar-refractivity contribution is 5.97. The Balaban J connectivity index is 1.76. The van der Waals surface area contributed by atoms with Gasteiger partial charge in [0.2, 0.25) is 0 Å². The number of rotatable bonds is 15. The highest BCUT2D eigenvalue weighted by Crippen LogP contribution is 2.21. The van der Waals surface area contributed by atoms with Crippen LogP contribution in [0.2, 0.25) is 0 Å². The molecule has 1 N–H and O–H groups in total. The Kier molecular flexibility index (Phi) is 12.6. The van der Waals surface area contributed by atoms with Crippen LogP contribution in [0, 0.1) is 5.41 Å². The number of carbonyl (C=O) groups is 4. The third-order valence-electron chi connectivity index (χ3n) is 6.87. The predicted octanol–water partition coefficient (Wildman–Crippen LogP) is 4.14. The summed E-state index contributed by atoms with van der Waals surface area (Å²) in [6, 6.07) is 11.2. The van der Waals surface area contributed by atoms with Crippen molar-refractivity contribution in [1.29, 1.82) is 0 Å². The maximum absolute atomic E-state index is 13.2. The second kappa shape index (κ2) is 16.4. The molecule has 12 nitrogen and oxygen atoms in total. The summed E-state index contributed by atoms with van der Waals surface area (Å²) in [6.45, 7) is 13.4. The molecule has 46 heavy (non-hydrogen) atoms. The number of hydrogen-bond acceptors (Lipinski definition) is 10. The molecule has 0 spiro atoms. The molecule has 1 heterocycles. The van der Waals surface area contributed by atoms with Crippen molar-refractivity contribution in [2.75, 3.05) is 24.7 Å². The number of esters is 3. The molecule has 246 valence electrons. The summed E-state index contributed by atoms with van der Waals surface area (Å²) in [5.41, 5.74) is 1.42.